The first kappa shape index (κ1) is 12.3. The summed E-state index contributed by atoms with van der Waals surface area (Å²) >= 11 is 5.60. The molecule has 1 aromatic rings. The van der Waals surface area contributed by atoms with Gasteiger partial charge in [-0.2, -0.15) is 0 Å². The summed E-state index contributed by atoms with van der Waals surface area (Å²) in [6.07, 6.45) is 3.41. The molecule has 0 aliphatic carbocycles. The number of halogens is 2. The number of hydrogen-bond donors (Lipinski definition) is 2. The zero-order valence-corrected chi connectivity index (χ0v) is 9.88. The van der Waals surface area contributed by atoms with E-state index >= 15 is 0 Å². The molecule has 0 aromatic heterocycles. The number of carbonyl (C=O) groups is 1. The highest BCUT2D eigenvalue weighted by atomic mass is 35.5. The van der Waals surface area contributed by atoms with Crippen LogP contribution in [0.25, 0.3) is 0 Å². The Labute approximate surface area is 104 Å². The summed E-state index contributed by atoms with van der Waals surface area (Å²) in [6.45, 7) is 0. The molecule has 1 saturated heterocycles. The summed E-state index contributed by atoms with van der Waals surface area (Å²) in [7, 11) is 0. The van der Waals surface area contributed by atoms with Gasteiger partial charge < -0.3 is 11.1 Å². The van der Waals surface area contributed by atoms with Gasteiger partial charge in [0.2, 0.25) is 5.91 Å². The van der Waals surface area contributed by atoms with Gasteiger partial charge in [-0.15, -0.1) is 0 Å². The Kier molecular flexibility index (Phi) is 3.64. The van der Waals surface area contributed by atoms with Crippen molar-refractivity contribution in [3.05, 3.63) is 41.0 Å². The van der Waals surface area contributed by atoms with E-state index in [1.807, 2.05) is 6.42 Å². The predicted octanol–water partition coefficient (Wildman–Crippen LogP) is 1.64. The third kappa shape index (κ3) is 2.96. The molecule has 0 unspecified atom stereocenters. The monoisotopic (exact) mass is 255 g/mol. The molecule has 3 nitrogen and oxygen atoms in total. The minimum Gasteiger partial charge on any atom is -0.368 e. The molecule has 1 amide bonds. The number of nitrogens with two attached hydrogens (primary N) is 1. The first-order valence-electron chi connectivity index (χ1n) is 5.41. The van der Waals surface area contributed by atoms with E-state index in [2.05, 4.69) is 5.32 Å². The first-order valence-corrected chi connectivity index (χ1v) is 5.79. The minimum absolute atomic E-state index is 0.0491. The van der Waals surface area contributed by atoms with Gasteiger partial charge in [0, 0.05) is 12.5 Å². The molecule has 0 bridgehead atoms. The maximum atomic E-state index is 13.2. The van der Waals surface area contributed by atoms with Crippen molar-refractivity contribution >= 4 is 17.5 Å². The molecule has 17 heavy (non-hydrogen) atoms. The average molecular weight is 256 g/mol. The molecule has 1 aliphatic rings. The molecule has 1 fully saturated rings. The van der Waals surface area contributed by atoms with Gasteiger partial charge >= 0.3 is 0 Å². The highest BCUT2D eigenvalue weighted by molar-refractivity contribution is 6.30. The molecular formula is C12H13ClFN2O. The number of carbonyl (C=O) groups excluding carboxylic acids is 1. The van der Waals surface area contributed by atoms with E-state index in [4.69, 9.17) is 17.3 Å². The lowest BCUT2D eigenvalue weighted by Gasteiger charge is -2.12. The summed E-state index contributed by atoms with van der Waals surface area (Å²) < 4.78 is 13.2. The maximum Gasteiger partial charge on any atom is 0.234 e. The molecule has 1 radical (unpaired) electrons. The predicted molar refractivity (Wildman–Crippen MR) is 64.0 cm³/mol. The van der Waals surface area contributed by atoms with Crippen LogP contribution in [-0.4, -0.2) is 18.0 Å². The van der Waals surface area contributed by atoms with Crippen LogP contribution in [0.2, 0.25) is 5.02 Å². The lowest BCUT2D eigenvalue weighted by molar-refractivity contribution is -0.119. The molecule has 5 heteroatoms. The van der Waals surface area contributed by atoms with Crippen LogP contribution in [0, 0.1) is 12.2 Å². The quantitative estimate of drug-likeness (QED) is 0.863. The molecule has 0 spiro atoms. The molecule has 0 saturated carbocycles. The first-order chi connectivity index (χ1) is 8.06. The van der Waals surface area contributed by atoms with Crippen LogP contribution in [-0.2, 0) is 4.79 Å². The SMILES string of the molecule is NC(=O)[C@H]1CC[C@@H]([CH]c2ccc(Cl)c(F)c2)N1. The number of amides is 1. The Hall–Kier alpha value is -1.13. The van der Waals surface area contributed by atoms with Crippen LogP contribution in [0.15, 0.2) is 18.2 Å². The number of primary amides is 1. The van der Waals surface area contributed by atoms with E-state index < -0.39 is 5.82 Å². The van der Waals surface area contributed by atoms with Crippen LogP contribution in [0.1, 0.15) is 18.4 Å². The highest BCUT2D eigenvalue weighted by Crippen LogP contribution is 2.21. The minimum atomic E-state index is -0.440. The van der Waals surface area contributed by atoms with Crippen molar-refractivity contribution in [3.63, 3.8) is 0 Å². The Morgan fingerprint density at radius 2 is 2.29 bits per heavy atom. The number of benzene rings is 1. The normalized spacial score (nSPS) is 23.9. The Morgan fingerprint density at radius 3 is 2.88 bits per heavy atom. The van der Waals surface area contributed by atoms with Crippen LogP contribution in [0.4, 0.5) is 4.39 Å². The van der Waals surface area contributed by atoms with E-state index in [9.17, 15) is 9.18 Å². The number of hydrogen-bond acceptors (Lipinski definition) is 2. The van der Waals surface area contributed by atoms with Gasteiger partial charge in [-0.25, -0.2) is 4.39 Å². The van der Waals surface area contributed by atoms with Crippen LogP contribution >= 0.6 is 11.6 Å². The molecule has 2 rings (SSSR count). The van der Waals surface area contributed by atoms with Crippen LogP contribution in [0.3, 0.4) is 0 Å². The summed E-state index contributed by atoms with van der Waals surface area (Å²) in [4.78, 5) is 11.0. The highest BCUT2D eigenvalue weighted by Gasteiger charge is 2.27. The van der Waals surface area contributed by atoms with E-state index in [0.29, 0.717) is 6.42 Å². The van der Waals surface area contributed by atoms with E-state index in [1.165, 1.54) is 12.1 Å². The average Bonchev–Trinajstić information content (AvgIpc) is 2.72. The smallest absolute Gasteiger partial charge is 0.234 e. The topological polar surface area (TPSA) is 55.1 Å². The Morgan fingerprint density at radius 1 is 1.53 bits per heavy atom. The molecular weight excluding hydrogens is 243 g/mol. The second-order valence-electron chi connectivity index (χ2n) is 4.15. The number of rotatable bonds is 3. The molecule has 91 valence electrons. The number of nitrogens with one attached hydrogen (secondary N) is 1. The van der Waals surface area contributed by atoms with Gasteiger partial charge in [0.25, 0.3) is 0 Å². The fraction of sp³-hybridized carbons (Fsp3) is 0.333. The van der Waals surface area contributed by atoms with Crippen molar-refractivity contribution < 1.29 is 9.18 Å². The van der Waals surface area contributed by atoms with Crippen molar-refractivity contribution in [3.8, 4) is 0 Å². The zero-order chi connectivity index (χ0) is 12.4. The molecule has 1 aliphatic heterocycles. The van der Waals surface area contributed by atoms with Crippen LogP contribution < -0.4 is 11.1 Å². The van der Waals surface area contributed by atoms with Gasteiger partial charge in [0.15, 0.2) is 0 Å². The van der Waals surface area contributed by atoms with Gasteiger partial charge in [-0.1, -0.05) is 17.7 Å². The fourth-order valence-electron chi connectivity index (χ4n) is 1.98. The molecule has 3 N–H and O–H groups in total. The van der Waals surface area contributed by atoms with Gasteiger partial charge in [-0.3, -0.25) is 4.79 Å². The second kappa shape index (κ2) is 5.02. The van der Waals surface area contributed by atoms with E-state index in [-0.39, 0.29) is 23.0 Å². The van der Waals surface area contributed by atoms with E-state index in [0.717, 1.165) is 12.0 Å². The largest absolute Gasteiger partial charge is 0.368 e. The van der Waals surface area contributed by atoms with Crippen molar-refractivity contribution in [2.45, 2.75) is 24.9 Å². The summed E-state index contributed by atoms with van der Waals surface area (Å²) in [6, 6.07) is 4.40. The van der Waals surface area contributed by atoms with Crippen molar-refractivity contribution in [1.29, 1.82) is 0 Å². The van der Waals surface area contributed by atoms with Crippen molar-refractivity contribution in [2.75, 3.05) is 0 Å². The fourth-order valence-corrected chi connectivity index (χ4v) is 2.09. The molecule has 1 heterocycles. The molecule has 1 aromatic carbocycles. The van der Waals surface area contributed by atoms with E-state index in [1.54, 1.807) is 6.07 Å². The van der Waals surface area contributed by atoms with Crippen LogP contribution in [0.5, 0.6) is 0 Å². The summed E-state index contributed by atoms with van der Waals surface area (Å²) in [5.74, 6) is -0.784. The standard InChI is InChI=1S/C12H13ClFN2O/c13-9-3-1-7(6-10(9)14)5-8-2-4-11(16-8)12(15)17/h1,3,5-6,8,11,16H,2,4H2,(H2,15,17)/t8-,11+/m0/s1. The Balaban J connectivity index is 1.98. The lowest BCUT2D eigenvalue weighted by Crippen LogP contribution is -2.39. The van der Waals surface area contributed by atoms with Crippen molar-refractivity contribution in [1.82, 2.24) is 5.32 Å². The van der Waals surface area contributed by atoms with Gasteiger partial charge in [0.1, 0.15) is 5.82 Å². The zero-order valence-electron chi connectivity index (χ0n) is 9.12. The Bertz CT molecular complexity index is 439. The summed E-state index contributed by atoms with van der Waals surface area (Å²) in [5.41, 5.74) is 5.95. The van der Waals surface area contributed by atoms with Crippen molar-refractivity contribution in [2.24, 2.45) is 5.73 Å². The third-order valence-electron chi connectivity index (χ3n) is 2.86. The third-order valence-corrected chi connectivity index (χ3v) is 3.17. The lowest BCUT2D eigenvalue weighted by atomic mass is 10.0. The summed E-state index contributed by atoms with van der Waals surface area (Å²) in [5, 5.41) is 3.20. The van der Waals surface area contributed by atoms with Gasteiger partial charge in [0.05, 0.1) is 11.1 Å². The van der Waals surface area contributed by atoms with Gasteiger partial charge in [-0.05, 0) is 30.5 Å². The molecule has 2 atom stereocenters. The maximum absolute atomic E-state index is 13.2. The second-order valence-corrected chi connectivity index (χ2v) is 4.55.